The second kappa shape index (κ2) is 3.35. The van der Waals surface area contributed by atoms with Crippen LogP contribution in [0.4, 0.5) is 0 Å². The van der Waals surface area contributed by atoms with Crippen molar-refractivity contribution in [1.82, 2.24) is 0 Å². The van der Waals surface area contributed by atoms with E-state index in [0.29, 0.717) is 5.92 Å². The smallest absolute Gasteiger partial charge is 0.155 e. The van der Waals surface area contributed by atoms with E-state index in [9.17, 15) is 0 Å². The van der Waals surface area contributed by atoms with Crippen molar-refractivity contribution in [2.45, 2.75) is 45.5 Å². The molecule has 0 aromatic rings. The molecule has 2 nitrogen and oxygen atoms in total. The normalized spacial score (nSPS) is 41.7. The van der Waals surface area contributed by atoms with Crippen LogP contribution in [-0.4, -0.2) is 17.5 Å². The Morgan fingerprint density at radius 2 is 2.20 bits per heavy atom. The summed E-state index contributed by atoms with van der Waals surface area (Å²) < 4.78 is 5.17. The van der Waals surface area contributed by atoms with Crippen LogP contribution in [0, 0.1) is 5.92 Å². The van der Waals surface area contributed by atoms with Gasteiger partial charge in [-0.05, 0) is 19.3 Å². The van der Waals surface area contributed by atoms with Gasteiger partial charge in [0, 0.05) is 6.42 Å². The summed E-state index contributed by atoms with van der Waals surface area (Å²) in [6.45, 7) is 4.18. The van der Waals surface area contributed by atoms with Crippen molar-refractivity contribution in [2.75, 3.05) is 0 Å². The van der Waals surface area contributed by atoms with Gasteiger partial charge >= 0.3 is 0 Å². The summed E-state index contributed by atoms with van der Waals surface area (Å²) in [4.78, 5) is 0. The zero-order chi connectivity index (χ0) is 7.56. The van der Waals surface area contributed by atoms with Gasteiger partial charge in [-0.1, -0.05) is 13.3 Å². The van der Waals surface area contributed by atoms with Crippen molar-refractivity contribution >= 4 is 0 Å². The van der Waals surface area contributed by atoms with E-state index in [1.54, 1.807) is 0 Å². The molecule has 1 aliphatic heterocycles. The van der Waals surface area contributed by atoms with E-state index in [-0.39, 0.29) is 6.10 Å². The number of hydrogen-bond acceptors (Lipinski definition) is 2. The zero-order valence-electron chi connectivity index (χ0n) is 6.71. The van der Waals surface area contributed by atoms with Crippen molar-refractivity contribution in [3.8, 4) is 0 Å². The lowest BCUT2D eigenvalue weighted by Gasteiger charge is -2.30. The van der Waals surface area contributed by atoms with Gasteiger partial charge in [-0.3, -0.25) is 0 Å². The molecular weight excluding hydrogens is 128 g/mol. The van der Waals surface area contributed by atoms with Crippen molar-refractivity contribution in [2.24, 2.45) is 5.92 Å². The van der Waals surface area contributed by atoms with Crippen LogP contribution in [0.1, 0.15) is 33.1 Å². The fourth-order valence-electron chi connectivity index (χ4n) is 1.56. The maximum absolute atomic E-state index is 9.16. The molecule has 2 heteroatoms. The van der Waals surface area contributed by atoms with E-state index < -0.39 is 6.29 Å². The van der Waals surface area contributed by atoms with Crippen molar-refractivity contribution in [3.63, 3.8) is 0 Å². The van der Waals surface area contributed by atoms with Gasteiger partial charge in [0.1, 0.15) is 0 Å². The van der Waals surface area contributed by atoms with Gasteiger partial charge in [-0.2, -0.15) is 0 Å². The third-order valence-corrected chi connectivity index (χ3v) is 2.17. The molecule has 1 heterocycles. The summed E-state index contributed by atoms with van der Waals surface area (Å²) in [7, 11) is 0. The Morgan fingerprint density at radius 3 is 2.70 bits per heavy atom. The van der Waals surface area contributed by atoms with Crippen LogP contribution in [0.3, 0.4) is 0 Å². The lowest BCUT2D eigenvalue weighted by molar-refractivity contribution is -0.171. The fraction of sp³-hybridized carbons (Fsp3) is 1.00. The van der Waals surface area contributed by atoms with E-state index >= 15 is 0 Å². The molecule has 1 rings (SSSR count). The molecule has 0 saturated carbocycles. The van der Waals surface area contributed by atoms with Gasteiger partial charge in [-0.25, -0.2) is 0 Å². The van der Waals surface area contributed by atoms with E-state index in [1.807, 2.05) is 6.92 Å². The van der Waals surface area contributed by atoms with Crippen LogP contribution < -0.4 is 0 Å². The van der Waals surface area contributed by atoms with Gasteiger partial charge < -0.3 is 9.84 Å². The Bertz CT molecular complexity index is 93.4. The van der Waals surface area contributed by atoms with Crippen molar-refractivity contribution in [1.29, 1.82) is 0 Å². The van der Waals surface area contributed by atoms with Gasteiger partial charge in [-0.15, -0.1) is 0 Å². The third kappa shape index (κ3) is 1.96. The molecule has 0 unspecified atom stereocenters. The Labute approximate surface area is 62.2 Å². The number of ether oxygens (including phenoxy) is 1. The van der Waals surface area contributed by atoms with Crippen LogP contribution in [0.15, 0.2) is 0 Å². The average molecular weight is 144 g/mol. The molecule has 0 bridgehead atoms. The van der Waals surface area contributed by atoms with Crippen LogP contribution in [0.2, 0.25) is 0 Å². The molecule has 60 valence electrons. The molecule has 10 heavy (non-hydrogen) atoms. The highest BCUT2D eigenvalue weighted by Gasteiger charge is 2.23. The van der Waals surface area contributed by atoms with Crippen molar-refractivity contribution in [3.05, 3.63) is 0 Å². The molecule has 0 radical (unpaired) electrons. The second-order valence-electron chi connectivity index (χ2n) is 3.15. The SMILES string of the molecule is CC[C@H]1C[C@@H](C)O[C@@H](O)C1. The summed E-state index contributed by atoms with van der Waals surface area (Å²) in [5.41, 5.74) is 0. The van der Waals surface area contributed by atoms with E-state index in [4.69, 9.17) is 9.84 Å². The molecular formula is C8H16O2. The van der Waals surface area contributed by atoms with Gasteiger partial charge in [0.05, 0.1) is 6.10 Å². The van der Waals surface area contributed by atoms with Crippen molar-refractivity contribution < 1.29 is 9.84 Å². The predicted molar refractivity (Wildman–Crippen MR) is 39.6 cm³/mol. The van der Waals surface area contributed by atoms with Crippen LogP contribution in [0.5, 0.6) is 0 Å². The summed E-state index contributed by atoms with van der Waals surface area (Å²) in [5.74, 6) is 0.666. The minimum Gasteiger partial charge on any atom is -0.368 e. The van der Waals surface area contributed by atoms with Gasteiger partial charge in [0.25, 0.3) is 0 Å². The standard InChI is InChI=1S/C8H16O2/c1-3-7-4-6(2)10-8(9)5-7/h6-9H,3-5H2,1-2H3/t6-,7+,8-/m1/s1. The Kier molecular flexibility index (Phi) is 2.69. The third-order valence-electron chi connectivity index (χ3n) is 2.17. The first-order chi connectivity index (χ1) is 4.72. The first-order valence-electron chi connectivity index (χ1n) is 4.06. The Hall–Kier alpha value is -0.0800. The van der Waals surface area contributed by atoms with E-state index in [2.05, 4.69) is 6.92 Å². The molecule has 0 aliphatic carbocycles. The predicted octanol–water partition coefficient (Wildman–Crippen LogP) is 1.53. The summed E-state index contributed by atoms with van der Waals surface area (Å²) >= 11 is 0. The highest BCUT2D eigenvalue weighted by atomic mass is 16.6. The van der Waals surface area contributed by atoms with Gasteiger partial charge in [0.2, 0.25) is 0 Å². The quantitative estimate of drug-likeness (QED) is 0.604. The number of hydrogen-bond donors (Lipinski definition) is 1. The molecule has 1 N–H and O–H groups in total. The first-order valence-corrected chi connectivity index (χ1v) is 4.06. The molecule has 0 aromatic heterocycles. The molecule has 0 spiro atoms. The number of aliphatic hydroxyl groups is 1. The fourth-order valence-corrected chi connectivity index (χ4v) is 1.56. The molecule has 1 saturated heterocycles. The summed E-state index contributed by atoms with van der Waals surface area (Å²) in [6, 6.07) is 0. The summed E-state index contributed by atoms with van der Waals surface area (Å²) in [6.07, 6.45) is 2.82. The molecule has 0 aromatic carbocycles. The molecule has 1 aliphatic rings. The maximum Gasteiger partial charge on any atom is 0.155 e. The average Bonchev–Trinajstić information content (AvgIpc) is 1.85. The molecule has 1 fully saturated rings. The Morgan fingerprint density at radius 1 is 1.50 bits per heavy atom. The van der Waals surface area contributed by atoms with Crippen LogP contribution >= 0.6 is 0 Å². The molecule has 0 amide bonds. The molecule has 3 atom stereocenters. The van der Waals surface area contributed by atoms with E-state index in [0.717, 1.165) is 19.3 Å². The first kappa shape index (κ1) is 8.02. The second-order valence-corrected chi connectivity index (χ2v) is 3.15. The largest absolute Gasteiger partial charge is 0.368 e. The summed E-state index contributed by atoms with van der Waals surface area (Å²) in [5, 5.41) is 9.16. The zero-order valence-corrected chi connectivity index (χ0v) is 6.71. The highest BCUT2D eigenvalue weighted by molar-refractivity contribution is 4.69. The van der Waals surface area contributed by atoms with Gasteiger partial charge in [0.15, 0.2) is 6.29 Å². The monoisotopic (exact) mass is 144 g/mol. The highest BCUT2D eigenvalue weighted by Crippen LogP contribution is 2.25. The number of rotatable bonds is 1. The lowest BCUT2D eigenvalue weighted by atomic mass is 9.93. The van der Waals surface area contributed by atoms with Crippen LogP contribution in [0.25, 0.3) is 0 Å². The minimum atomic E-state index is -0.506. The van der Waals surface area contributed by atoms with Crippen LogP contribution in [-0.2, 0) is 4.74 Å². The van der Waals surface area contributed by atoms with E-state index in [1.165, 1.54) is 0 Å². The Balaban J connectivity index is 2.35. The lowest BCUT2D eigenvalue weighted by Crippen LogP contribution is -2.30. The minimum absolute atomic E-state index is 0.244. The number of aliphatic hydroxyl groups excluding tert-OH is 1. The maximum atomic E-state index is 9.16. The topological polar surface area (TPSA) is 29.5 Å².